The average molecular weight is 1410 g/mol. The fourth-order valence-corrected chi connectivity index (χ4v) is 19.1. The number of benzene rings is 4. The van der Waals surface area contributed by atoms with E-state index in [9.17, 15) is 26.4 Å². The summed E-state index contributed by atoms with van der Waals surface area (Å²) >= 11 is 13.3. The first kappa shape index (κ1) is 74.2. The van der Waals surface area contributed by atoms with Crippen LogP contribution in [0, 0.1) is 33.6 Å². The summed E-state index contributed by atoms with van der Waals surface area (Å²) < 4.78 is 83.6. The Bertz CT molecular complexity index is 3300. The molecule has 8 atom stereocenters. The molecule has 0 bridgehead atoms. The van der Waals surface area contributed by atoms with Crippen molar-refractivity contribution in [3.8, 4) is 11.5 Å². The first-order chi connectivity index (χ1) is 46.0. The smallest absolute Gasteiger partial charge is 0.314 e. The second-order valence-electron chi connectivity index (χ2n) is 28.6. The van der Waals surface area contributed by atoms with E-state index in [4.69, 9.17) is 42.1 Å². The molecule has 4 heterocycles. The summed E-state index contributed by atoms with van der Waals surface area (Å²) in [6.45, 7) is 19.0. The minimum atomic E-state index is -3.79. The summed E-state index contributed by atoms with van der Waals surface area (Å²) in [6, 6.07) is 19.4. The first-order valence-electron chi connectivity index (χ1n) is 35.3. The molecule has 4 aromatic rings. The van der Waals surface area contributed by atoms with Crippen LogP contribution < -0.4 is 24.8 Å². The van der Waals surface area contributed by atoms with Gasteiger partial charge in [0.25, 0.3) is 0 Å². The molecule has 0 spiro atoms. The molecule has 0 radical (unpaired) electrons. The third kappa shape index (κ3) is 19.7. The van der Waals surface area contributed by atoms with Crippen molar-refractivity contribution < 1.29 is 45.4 Å². The van der Waals surface area contributed by atoms with E-state index in [1.54, 1.807) is 30.3 Å². The van der Waals surface area contributed by atoms with Crippen molar-refractivity contribution in [3.05, 3.63) is 115 Å². The van der Waals surface area contributed by atoms with E-state index >= 15 is 0 Å². The number of amides is 2. The Morgan fingerprint density at radius 1 is 0.562 bits per heavy atom. The largest absolute Gasteiger partial charge is 0.484 e. The Balaban J connectivity index is 0.535. The monoisotopic (exact) mass is 1400 g/mol. The predicted molar refractivity (Wildman–Crippen MR) is 381 cm³/mol. The highest BCUT2D eigenvalue weighted by Crippen LogP contribution is 2.45. The molecule has 4 aliphatic heterocycles. The lowest BCUT2D eigenvalue weighted by molar-refractivity contribution is -0.119. The number of nitrogens with zero attached hydrogens (tertiary/aromatic N) is 6. The Labute approximate surface area is 582 Å². The molecule has 2 amide bonds. The highest BCUT2D eigenvalue weighted by Gasteiger charge is 2.43. The maximum absolute atomic E-state index is 13.8. The van der Waals surface area contributed by atoms with Crippen molar-refractivity contribution >= 4 is 54.9 Å². The predicted octanol–water partition coefficient (Wildman–Crippen LogP) is 9.76. The van der Waals surface area contributed by atoms with Gasteiger partial charge >= 0.3 is 6.03 Å². The highest BCUT2D eigenvalue weighted by molar-refractivity contribution is 7.91. The number of sulfone groups is 1. The zero-order valence-corrected chi connectivity index (χ0v) is 61.3. The maximum Gasteiger partial charge on any atom is 0.314 e. The Kier molecular flexibility index (Phi) is 26.5. The van der Waals surface area contributed by atoms with Crippen LogP contribution in [0.4, 0.5) is 4.79 Å². The number of likely N-dealkylation sites (N-methyl/N-ethyl adjacent to an activating group) is 2. The standard InChI is InChI=1S/C73H107Cl2N9O10S2/c1-50-37-55(74)41-65-63(50)43-67(83-27-12-15-58(47-83)79(5)6)71(65)93-69-21-19-61(39-52(69)3)95(87,88)49-54-23-29-81(45-54)31-35-91-33-14-18-60(85)17-10-9-11-25-76-73(86)77-26-34-92-36-32-82-30-24-57(46-82)78-96(89,90)62-20-22-70(53(4)40-62)94-72-66-42-56(75)38-51(2)64(66)44-68(72)84-28-13-16-59(48-84)80(7)8/h19-22,37-42,54,57-59,67-68,71-72,78H,9-18,23-36,43-49H2,1-8H3,(H2,76,77,86)/t54-,57-,58-,59-,67+,68+,71+,72+/m1/s1. The van der Waals surface area contributed by atoms with E-state index in [0.717, 1.165) is 119 Å². The van der Waals surface area contributed by atoms with E-state index in [0.29, 0.717) is 123 Å². The molecule has 96 heavy (non-hydrogen) atoms. The van der Waals surface area contributed by atoms with Gasteiger partial charge in [-0.3, -0.25) is 19.5 Å². The minimum Gasteiger partial charge on any atom is -0.484 e. The molecule has 10 rings (SSSR count). The summed E-state index contributed by atoms with van der Waals surface area (Å²) in [4.78, 5) is 39.8. The molecule has 0 saturated carbocycles. The van der Waals surface area contributed by atoms with Gasteiger partial charge in [-0.05, 0) is 264 Å². The van der Waals surface area contributed by atoms with Gasteiger partial charge in [0.15, 0.2) is 9.84 Å². The number of carbonyl (C=O) groups excluding carboxylic acids is 2. The number of unbranched alkanes of at least 4 members (excludes halogenated alkanes) is 2. The number of ether oxygens (including phenoxy) is 4. The lowest BCUT2D eigenvalue weighted by atomic mass is 10.0. The van der Waals surface area contributed by atoms with Gasteiger partial charge in [0.05, 0.1) is 47.4 Å². The van der Waals surface area contributed by atoms with Gasteiger partial charge in [0.2, 0.25) is 10.0 Å². The van der Waals surface area contributed by atoms with Crippen LogP contribution in [-0.4, -0.2) is 227 Å². The van der Waals surface area contributed by atoms with Crippen LogP contribution in [0.15, 0.2) is 70.5 Å². The van der Waals surface area contributed by atoms with E-state index in [-0.39, 0.29) is 58.7 Å². The summed E-state index contributed by atoms with van der Waals surface area (Å²) in [6.07, 6.45) is 11.4. The molecule has 4 saturated heterocycles. The zero-order valence-electron chi connectivity index (χ0n) is 58.2. The first-order valence-corrected chi connectivity index (χ1v) is 39.2. The maximum atomic E-state index is 13.8. The number of fused-ring (bicyclic) bond motifs is 2. The number of carbonyl (C=O) groups is 2. The van der Waals surface area contributed by atoms with Crippen molar-refractivity contribution in [2.24, 2.45) is 5.92 Å². The topological polar surface area (TPSA) is 195 Å². The van der Waals surface area contributed by atoms with Gasteiger partial charge in [-0.25, -0.2) is 26.4 Å². The molecule has 0 aromatic heterocycles. The lowest BCUT2D eigenvalue weighted by Crippen LogP contribution is -2.51. The number of likely N-dealkylation sites (tertiary alicyclic amines) is 4. The van der Waals surface area contributed by atoms with Gasteiger partial charge in [-0.1, -0.05) is 29.6 Å². The number of hydrogen-bond donors (Lipinski definition) is 3. The average Bonchev–Trinajstić information content (AvgIpc) is 1.60. The quantitative estimate of drug-likeness (QED) is 0.0381. The summed E-state index contributed by atoms with van der Waals surface area (Å²) in [7, 11) is 1.29. The van der Waals surface area contributed by atoms with Crippen molar-refractivity contribution in [3.63, 3.8) is 0 Å². The minimum absolute atomic E-state index is 0.0336. The van der Waals surface area contributed by atoms with Crippen LogP contribution in [0.5, 0.6) is 11.5 Å². The van der Waals surface area contributed by atoms with Gasteiger partial charge in [-0.15, -0.1) is 0 Å². The van der Waals surface area contributed by atoms with Crippen molar-refractivity contribution in [2.75, 3.05) is 139 Å². The third-order valence-corrected chi connectivity index (χ3v) is 24.9. The number of halogens is 2. The van der Waals surface area contributed by atoms with E-state index < -0.39 is 19.9 Å². The second-order valence-corrected chi connectivity index (χ2v) is 33.2. The zero-order chi connectivity index (χ0) is 68.3. The number of sulfonamides is 1. The van der Waals surface area contributed by atoms with Crippen LogP contribution in [0.25, 0.3) is 0 Å². The second kappa shape index (κ2) is 34.3. The number of ketones is 1. The molecule has 19 nitrogen and oxygen atoms in total. The molecular formula is C73H107Cl2N9O10S2. The lowest BCUT2D eigenvalue weighted by Gasteiger charge is -2.41. The van der Waals surface area contributed by atoms with Gasteiger partial charge in [0.1, 0.15) is 29.5 Å². The van der Waals surface area contributed by atoms with Crippen molar-refractivity contribution in [2.45, 2.75) is 170 Å². The van der Waals surface area contributed by atoms with E-state index in [1.807, 2.05) is 38.1 Å². The molecule has 0 unspecified atom stereocenters. The summed E-state index contributed by atoms with van der Waals surface area (Å²) in [5.74, 6) is 1.70. The molecule has 4 aromatic carbocycles. The van der Waals surface area contributed by atoms with E-state index in [2.05, 4.69) is 92.9 Å². The van der Waals surface area contributed by atoms with Crippen LogP contribution in [0.1, 0.15) is 134 Å². The normalized spacial score (nSPS) is 23.7. The van der Waals surface area contributed by atoms with Crippen LogP contribution in [-0.2, 0) is 47.0 Å². The van der Waals surface area contributed by atoms with Crippen LogP contribution in [0.3, 0.4) is 0 Å². The number of nitrogens with one attached hydrogen (secondary N) is 3. The summed E-state index contributed by atoms with van der Waals surface area (Å²) in [5.41, 5.74) is 8.72. The molecular weight excluding hydrogens is 1300 g/mol. The number of Topliss-reactive ketones (excluding diaryl/α,β-unsaturated/α-hetero) is 1. The summed E-state index contributed by atoms with van der Waals surface area (Å²) in [5, 5.41) is 7.11. The Morgan fingerprint density at radius 3 is 1.68 bits per heavy atom. The van der Waals surface area contributed by atoms with E-state index in [1.165, 1.54) is 35.1 Å². The number of rotatable bonds is 33. The van der Waals surface area contributed by atoms with Crippen molar-refractivity contribution in [1.82, 2.24) is 44.8 Å². The number of aryl methyl sites for hydroxylation is 4. The van der Waals surface area contributed by atoms with Gasteiger partial charge in [0, 0.05) is 100.0 Å². The van der Waals surface area contributed by atoms with Crippen LogP contribution in [0.2, 0.25) is 10.0 Å². The number of hydrogen-bond acceptors (Lipinski definition) is 16. The molecule has 23 heteroatoms. The number of urea groups is 1. The molecule has 2 aliphatic carbocycles. The van der Waals surface area contributed by atoms with Crippen molar-refractivity contribution in [1.29, 1.82) is 0 Å². The molecule has 3 N–H and O–H groups in total. The SMILES string of the molecule is Cc1cc(S(=O)(=O)C[C@@H]2CCN(CCOCCCC(=O)CCCCCNC(=O)NCCOCCN3CC[C@@H](NS(=O)(=O)c4ccc(O[C@H]5c6cc(Cl)cc(C)c6C[C@@H]5N5CCC[C@@H](N(C)C)C5)c(C)c4)C3)C2)ccc1O[C@H]1c2cc(Cl)cc(C)c2C[C@@H]1N1CCC[C@@H](N(C)C)C1. The Morgan fingerprint density at radius 2 is 1.09 bits per heavy atom. The third-order valence-electron chi connectivity index (χ3n) is 21.0. The number of piperidine rings is 2. The Hall–Kier alpha value is -4.46. The fraction of sp³-hybridized carbons (Fsp3) is 0.644. The highest BCUT2D eigenvalue weighted by atomic mass is 35.5. The fourth-order valence-electron chi connectivity index (χ4n) is 15.5. The van der Waals surface area contributed by atoms with Gasteiger partial charge < -0.3 is 44.3 Å². The molecule has 6 aliphatic rings. The molecule has 4 fully saturated rings. The van der Waals surface area contributed by atoms with Crippen LogP contribution >= 0.6 is 23.2 Å². The molecule has 530 valence electrons. The van der Waals surface area contributed by atoms with Gasteiger partial charge in [-0.2, -0.15) is 0 Å².